The molecule has 0 unspecified atom stereocenters. The minimum atomic E-state index is 0.710. The van der Waals surface area contributed by atoms with Crippen LogP contribution in [0.4, 0.5) is 0 Å². The second kappa shape index (κ2) is 4.11. The van der Waals surface area contributed by atoms with Gasteiger partial charge in [0.2, 0.25) is 0 Å². The summed E-state index contributed by atoms with van der Waals surface area (Å²) >= 11 is 5.73. The molecule has 4 heteroatoms. The second-order valence-electron chi connectivity index (χ2n) is 3.57. The van der Waals surface area contributed by atoms with Gasteiger partial charge in [-0.1, -0.05) is 11.6 Å². The normalized spacial score (nSPS) is 16.4. The van der Waals surface area contributed by atoms with Crippen LogP contribution in [0.5, 0.6) is 0 Å². The molecular weight excluding hydrogens is 186 g/mol. The molecule has 1 saturated carbocycles. The Hall–Kier alpha value is -0.540. The third-order valence-electron chi connectivity index (χ3n) is 2.25. The summed E-state index contributed by atoms with van der Waals surface area (Å²) in [6.45, 7) is 3.04. The number of rotatable bonds is 5. The van der Waals surface area contributed by atoms with E-state index >= 15 is 0 Å². The van der Waals surface area contributed by atoms with E-state index in [2.05, 4.69) is 10.4 Å². The van der Waals surface area contributed by atoms with Gasteiger partial charge in [-0.2, -0.15) is 5.10 Å². The molecule has 1 aliphatic rings. The monoisotopic (exact) mass is 199 g/mol. The highest BCUT2D eigenvalue weighted by atomic mass is 35.5. The molecule has 1 fully saturated rings. The maximum absolute atomic E-state index is 5.73. The molecule has 0 amide bonds. The van der Waals surface area contributed by atoms with Crippen LogP contribution in [0.2, 0.25) is 5.02 Å². The smallest absolute Gasteiger partial charge is 0.0785 e. The van der Waals surface area contributed by atoms with E-state index in [1.807, 2.05) is 10.9 Å². The summed E-state index contributed by atoms with van der Waals surface area (Å²) in [5, 5.41) is 8.20. The van der Waals surface area contributed by atoms with Crippen molar-refractivity contribution in [1.29, 1.82) is 0 Å². The second-order valence-corrected chi connectivity index (χ2v) is 4.01. The highest BCUT2D eigenvalue weighted by Crippen LogP contribution is 2.27. The summed E-state index contributed by atoms with van der Waals surface area (Å²) in [6, 6.07) is 0. The zero-order valence-corrected chi connectivity index (χ0v) is 8.30. The Balaban J connectivity index is 1.61. The largest absolute Gasteiger partial charge is 0.315 e. The van der Waals surface area contributed by atoms with Crippen LogP contribution in [0.3, 0.4) is 0 Å². The Morgan fingerprint density at radius 2 is 2.46 bits per heavy atom. The van der Waals surface area contributed by atoms with Crippen LogP contribution < -0.4 is 5.32 Å². The van der Waals surface area contributed by atoms with Gasteiger partial charge < -0.3 is 5.32 Å². The van der Waals surface area contributed by atoms with Crippen LogP contribution in [-0.2, 0) is 6.54 Å². The lowest BCUT2D eigenvalue weighted by Gasteiger charge is -2.02. The van der Waals surface area contributed by atoms with Crippen LogP contribution in [0.15, 0.2) is 12.4 Å². The van der Waals surface area contributed by atoms with E-state index in [9.17, 15) is 0 Å². The van der Waals surface area contributed by atoms with Gasteiger partial charge in [-0.15, -0.1) is 0 Å². The molecule has 1 aromatic heterocycles. The number of nitrogens with one attached hydrogen (secondary N) is 1. The Bertz CT molecular complexity index is 268. The summed E-state index contributed by atoms with van der Waals surface area (Å²) < 4.78 is 1.86. The van der Waals surface area contributed by atoms with Crippen LogP contribution >= 0.6 is 11.6 Å². The number of hydrogen-bond acceptors (Lipinski definition) is 2. The summed E-state index contributed by atoms with van der Waals surface area (Å²) in [5.74, 6) is 0.946. The molecule has 1 aromatic rings. The standard InChI is InChI=1S/C9H14ClN3/c10-9-6-12-13(7-9)4-3-11-5-8-1-2-8/h6-8,11H,1-5H2. The summed E-state index contributed by atoms with van der Waals surface area (Å²) in [7, 11) is 0. The molecule has 13 heavy (non-hydrogen) atoms. The van der Waals surface area contributed by atoms with Crippen molar-refractivity contribution in [3.05, 3.63) is 17.4 Å². The lowest BCUT2D eigenvalue weighted by atomic mass is 10.4. The van der Waals surface area contributed by atoms with Crippen LogP contribution in [-0.4, -0.2) is 22.9 Å². The number of hydrogen-bond donors (Lipinski definition) is 1. The first-order valence-electron chi connectivity index (χ1n) is 4.73. The number of nitrogens with zero attached hydrogens (tertiary/aromatic N) is 2. The van der Waals surface area contributed by atoms with Gasteiger partial charge in [0, 0.05) is 12.7 Å². The summed E-state index contributed by atoms with van der Waals surface area (Å²) in [4.78, 5) is 0. The van der Waals surface area contributed by atoms with E-state index in [1.165, 1.54) is 12.8 Å². The van der Waals surface area contributed by atoms with E-state index < -0.39 is 0 Å². The molecule has 2 rings (SSSR count). The Morgan fingerprint density at radius 3 is 3.08 bits per heavy atom. The van der Waals surface area contributed by atoms with Crippen molar-refractivity contribution < 1.29 is 0 Å². The topological polar surface area (TPSA) is 29.9 Å². The minimum Gasteiger partial charge on any atom is -0.315 e. The van der Waals surface area contributed by atoms with Crippen LogP contribution in [0.25, 0.3) is 0 Å². The van der Waals surface area contributed by atoms with E-state index in [0.29, 0.717) is 5.02 Å². The molecule has 3 nitrogen and oxygen atoms in total. The molecule has 0 bridgehead atoms. The van der Waals surface area contributed by atoms with Crippen LogP contribution in [0.1, 0.15) is 12.8 Å². The van der Waals surface area contributed by atoms with Gasteiger partial charge >= 0.3 is 0 Å². The molecule has 0 radical (unpaired) electrons. The van der Waals surface area contributed by atoms with Gasteiger partial charge in [-0.25, -0.2) is 0 Å². The summed E-state index contributed by atoms with van der Waals surface area (Å²) in [5.41, 5.74) is 0. The van der Waals surface area contributed by atoms with Crippen molar-refractivity contribution in [1.82, 2.24) is 15.1 Å². The van der Waals surface area contributed by atoms with Crippen molar-refractivity contribution in [2.24, 2.45) is 5.92 Å². The Labute approximate surface area is 83.1 Å². The van der Waals surface area contributed by atoms with E-state index in [4.69, 9.17) is 11.6 Å². The lowest BCUT2D eigenvalue weighted by molar-refractivity contribution is 0.542. The first kappa shape index (κ1) is 9.03. The minimum absolute atomic E-state index is 0.710. The average molecular weight is 200 g/mol. The number of halogens is 1. The molecule has 0 atom stereocenters. The SMILES string of the molecule is Clc1cnn(CCNCC2CC2)c1. The van der Waals surface area contributed by atoms with Crippen molar-refractivity contribution in [3.63, 3.8) is 0 Å². The molecule has 1 aliphatic carbocycles. The molecule has 0 aliphatic heterocycles. The highest BCUT2D eigenvalue weighted by Gasteiger charge is 2.19. The van der Waals surface area contributed by atoms with Crippen molar-refractivity contribution in [2.45, 2.75) is 19.4 Å². The summed E-state index contributed by atoms with van der Waals surface area (Å²) in [6.07, 6.45) is 6.32. The fraction of sp³-hybridized carbons (Fsp3) is 0.667. The van der Waals surface area contributed by atoms with Gasteiger partial charge in [0.15, 0.2) is 0 Å². The van der Waals surface area contributed by atoms with Gasteiger partial charge in [0.1, 0.15) is 0 Å². The molecule has 72 valence electrons. The maximum atomic E-state index is 5.73. The zero-order chi connectivity index (χ0) is 9.10. The van der Waals surface area contributed by atoms with E-state index in [0.717, 1.165) is 25.6 Å². The molecule has 0 saturated heterocycles. The fourth-order valence-electron chi connectivity index (χ4n) is 1.28. The zero-order valence-electron chi connectivity index (χ0n) is 7.54. The first-order chi connectivity index (χ1) is 6.34. The molecular formula is C9H14ClN3. The van der Waals surface area contributed by atoms with E-state index in [1.54, 1.807) is 6.20 Å². The quantitative estimate of drug-likeness (QED) is 0.730. The van der Waals surface area contributed by atoms with Crippen molar-refractivity contribution >= 4 is 11.6 Å². The van der Waals surface area contributed by atoms with Crippen molar-refractivity contribution in [3.8, 4) is 0 Å². The van der Waals surface area contributed by atoms with Gasteiger partial charge in [0.05, 0.1) is 17.8 Å². The average Bonchev–Trinajstić information content (AvgIpc) is 2.84. The third kappa shape index (κ3) is 3.01. The first-order valence-corrected chi connectivity index (χ1v) is 5.11. The Kier molecular flexibility index (Phi) is 2.86. The molecule has 0 aromatic carbocycles. The van der Waals surface area contributed by atoms with Crippen molar-refractivity contribution in [2.75, 3.05) is 13.1 Å². The molecule has 1 N–H and O–H groups in total. The maximum Gasteiger partial charge on any atom is 0.0785 e. The number of aromatic nitrogens is 2. The molecule has 0 spiro atoms. The van der Waals surface area contributed by atoms with Gasteiger partial charge in [0.25, 0.3) is 0 Å². The predicted molar refractivity (Wildman–Crippen MR) is 52.8 cm³/mol. The lowest BCUT2D eigenvalue weighted by Crippen LogP contribution is -2.22. The van der Waals surface area contributed by atoms with Gasteiger partial charge in [-0.3, -0.25) is 4.68 Å². The third-order valence-corrected chi connectivity index (χ3v) is 2.44. The van der Waals surface area contributed by atoms with Gasteiger partial charge in [-0.05, 0) is 25.3 Å². The van der Waals surface area contributed by atoms with E-state index in [-0.39, 0.29) is 0 Å². The Morgan fingerprint density at radius 1 is 1.62 bits per heavy atom. The predicted octanol–water partition coefficient (Wildman–Crippen LogP) is 1.54. The fourth-order valence-corrected chi connectivity index (χ4v) is 1.44. The molecule has 1 heterocycles. The van der Waals surface area contributed by atoms with Crippen LogP contribution in [0, 0.1) is 5.92 Å². The highest BCUT2D eigenvalue weighted by molar-refractivity contribution is 6.30.